The summed E-state index contributed by atoms with van der Waals surface area (Å²) >= 11 is 0. The molecule has 1 atom stereocenters. The zero-order valence-corrected chi connectivity index (χ0v) is 15.7. The fraction of sp³-hybridized carbons (Fsp3) is 0.278. The van der Waals surface area contributed by atoms with Gasteiger partial charge in [-0.1, -0.05) is 6.07 Å². The van der Waals surface area contributed by atoms with Gasteiger partial charge in [-0.25, -0.2) is 21.9 Å². The van der Waals surface area contributed by atoms with Gasteiger partial charge in [-0.15, -0.1) is 0 Å². The highest BCUT2D eigenvalue weighted by atomic mass is 32.2. The van der Waals surface area contributed by atoms with Gasteiger partial charge in [0.25, 0.3) is 5.91 Å². The molecule has 0 saturated carbocycles. The van der Waals surface area contributed by atoms with Crippen LogP contribution in [0.1, 0.15) is 16.8 Å². The molecule has 1 amide bonds. The Morgan fingerprint density at radius 1 is 1.25 bits per heavy atom. The van der Waals surface area contributed by atoms with E-state index in [0.717, 1.165) is 12.1 Å². The molecule has 2 aromatic rings. The standard InChI is InChI=1S/C18H18F2N2O5S/c1-26-16-6-5-12(28(24,25)22-11-7-8-27-10-11)9-13(16)18(23)21-15-4-2-3-14(19)17(15)20/h2-6,9,11,22H,7-8,10H2,1H3,(H,21,23). The van der Waals surface area contributed by atoms with Gasteiger partial charge < -0.3 is 14.8 Å². The van der Waals surface area contributed by atoms with Crippen molar-refractivity contribution >= 4 is 21.6 Å². The summed E-state index contributed by atoms with van der Waals surface area (Å²) in [6, 6.07) is 6.70. The van der Waals surface area contributed by atoms with Gasteiger partial charge in [0.15, 0.2) is 11.6 Å². The molecule has 10 heteroatoms. The number of hydrogen-bond acceptors (Lipinski definition) is 5. The molecular weight excluding hydrogens is 394 g/mol. The molecule has 0 spiro atoms. The molecule has 2 N–H and O–H groups in total. The Bertz CT molecular complexity index is 991. The molecule has 7 nitrogen and oxygen atoms in total. The van der Waals surface area contributed by atoms with Crippen LogP contribution in [0.2, 0.25) is 0 Å². The van der Waals surface area contributed by atoms with E-state index in [4.69, 9.17) is 9.47 Å². The van der Waals surface area contributed by atoms with Gasteiger partial charge in [0.05, 0.1) is 29.9 Å². The summed E-state index contributed by atoms with van der Waals surface area (Å²) in [5.41, 5.74) is -0.516. The predicted octanol–water partition coefficient (Wildman–Crippen LogP) is 2.29. The lowest BCUT2D eigenvalue weighted by Crippen LogP contribution is -2.35. The molecular formula is C18H18F2N2O5S. The number of halogens is 2. The first-order valence-corrected chi connectivity index (χ1v) is 9.83. The highest BCUT2D eigenvalue weighted by Crippen LogP contribution is 2.25. The van der Waals surface area contributed by atoms with Gasteiger partial charge in [0.2, 0.25) is 10.0 Å². The first-order valence-electron chi connectivity index (χ1n) is 8.35. The Kier molecular flexibility index (Phi) is 5.92. The molecule has 1 heterocycles. The number of rotatable bonds is 6. The maximum atomic E-state index is 13.8. The molecule has 0 aromatic heterocycles. The summed E-state index contributed by atoms with van der Waals surface area (Å²) < 4.78 is 65.1. The van der Waals surface area contributed by atoms with Crippen LogP contribution in [0.15, 0.2) is 41.3 Å². The Morgan fingerprint density at radius 2 is 2.04 bits per heavy atom. The van der Waals surface area contributed by atoms with Gasteiger partial charge in [-0.3, -0.25) is 4.79 Å². The van der Waals surface area contributed by atoms with Gasteiger partial charge in [-0.2, -0.15) is 0 Å². The van der Waals surface area contributed by atoms with E-state index in [0.29, 0.717) is 13.0 Å². The van der Waals surface area contributed by atoms with E-state index in [1.165, 1.54) is 31.4 Å². The minimum Gasteiger partial charge on any atom is -0.496 e. The van der Waals surface area contributed by atoms with Crippen molar-refractivity contribution in [3.63, 3.8) is 0 Å². The Hall–Kier alpha value is -2.56. The van der Waals surface area contributed by atoms with Crippen molar-refractivity contribution in [2.24, 2.45) is 0 Å². The quantitative estimate of drug-likeness (QED) is 0.759. The number of methoxy groups -OCH3 is 1. The van der Waals surface area contributed by atoms with Gasteiger partial charge in [-0.05, 0) is 36.8 Å². The molecule has 28 heavy (non-hydrogen) atoms. The van der Waals surface area contributed by atoms with Crippen molar-refractivity contribution in [2.75, 3.05) is 25.6 Å². The number of nitrogens with one attached hydrogen (secondary N) is 2. The van der Waals surface area contributed by atoms with Crippen molar-refractivity contribution in [1.29, 1.82) is 0 Å². The lowest BCUT2D eigenvalue weighted by molar-refractivity contribution is 0.102. The van der Waals surface area contributed by atoms with E-state index < -0.39 is 27.6 Å². The van der Waals surface area contributed by atoms with Crippen LogP contribution in [0.5, 0.6) is 5.75 Å². The van der Waals surface area contributed by atoms with Crippen molar-refractivity contribution in [3.8, 4) is 5.75 Å². The number of hydrogen-bond donors (Lipinski definition) is 2. The summed E-state index contributed by atoms with van der Waals surface area (Å²) in [4.78, 5) is 12.4. The number of anilines is 1. The first kappa shape index (κ1) is 20.2. The van der Waals surface area contributed by atoms with Crippen molar-refractivity contribution in [2.45, 2.75) is 17.4 Å². The van der Waals surface area contributed by atoms with Crippen LogP contribution in [0.25, 0.3) is 0 Å². The largest absolute Gasteiger partial charge is 0.496 e. The second kappa shape index (κ2) is 8.21. The average Bonchev–Trinajstić information content (AvgIpc) is 3.17. The summed E-state index contributed by atoms with van der Waals surface area (Å²) in [5, 5.41) is 2.22. The van der Waals surface area contributed by atoms with Crippen LogP contribution < -0.4 is 14.8 Å². The van der Waals surface area contributed by atoms with Crippen LogP contribution in [0.4, 0.5) is 14.5 Å². The van der Waals surface area contributed by atoms with Gasteiger partial charge in [0.1, 0.15) is 5.75 Å². The maximum Gasteiger partial charge on any atom is 0.259 e. The van der Waals surface area contributed by atoms with E-state index in [-0.39, 0.29) is 34.5 Å². The van der Waals surface area contributed by atoms with Crippen molar-refractivity contribution < 1.29 is 31.5 Å². The first-order chi connectivity index (χ1) is 13.3. The number of carbonyl (C=O) groups is 1. The minimum atomic E-state index is -3.91. The molecule has 2 aromatic carbocycles. The van der Waals surface area contributed by atoms with Crippen LogP contribution in [-0.2, 0) is 14.8 Å². The molecule has 0 aliphatic carbocycles. The summed E-state index contributed by atoms with van der Waals surface area (Å²) in [6.45, 7) is 0.726. The normalized spacial score (nSPS) is 16.8. The van der Waals surface area contributed by atoms with E-state index in [2.05, 4.69) is 10.0 Å². The fourth-order valence-corrected chi connectivity index (χ4v) is 4.02. The highest BCUT2D eigenvalue weighted by Gasteiger charge is 2.25. The molecule has 1 unspecified atom stereocenters. The van der Waals surface area contributed by atoms with E-state index in [1.807, 2.05) is 0 Å². The number of ether oxygens (including phenoxy) is 2. The third-order valence-corrected chi connectivity index (χ3v) is 5.70. The predicted molar refractivity (Wildman–Crippen MR) is 96.9 cm³/mol. The molecule has 150 valence electrons. The Morgan fingerprint density at radius 3 is 2.71 bits per heavy atom. The Balaban J connectivity index is 1.90. The molecule has 3 rings (SSSR count). The molecule has 0 radical (unpaired) electrons. The minimum absolute atomic E-state index is 0.0810. The third-order valence-electron chi connectivity index (χ3n) is 4.18. The molecule has 1 aliphatic heterocycles. The lowest BCUT2D eigenvalue weighted by atomic mass is 10.1. The van der Waals surface area contributed by atoms with E-state index in [1.54, 1.807) is 0 Å². The van der Waals surface area contributed by atoms with Gasteiger partial charge in [0, 0.05) is 12.6 Å². The maximum absolute atomic E-state index is 13.8. The van der Waals surface area contributed by atoms with Crippen LogP contribution in [-0.4, -0.2) is 40.7 Å². The number of carbonyl (C=O) groups excluding carboxylic acids is 1. The number of sulfonamides is 1. The smallest absolute Gasteiger partial charge is 0.259 e. The monoisotopic (exact) mass is 412 g/mol. The van der Waals surface area contributed by atoms with E-state index >= 15 is 0 Å². The zero-order valence-electron chi connectivity index (χ0n) is 14.9. The lowest BCUT2D eigenvalue weighted by Gasteiger charge is -2.14. The SMILES string of the molecule is COc1ccc(S(=O)(=O)NC2CCOC2)cc1C(=O)Nc1cccc(F)c1F. The highest BCUT2D eigenvalue weighted by molar-refractivity contribution is 7.89. The third kappa shape index (κ3) is 4.29. The number of benzene rings is 2. The molecule has 1 saturated heterocycles. The average molecular weight is 412 g/mol. The van der Waals surface area contributed by atoms with Crippen molar-refractivity contribution in [1.82, 2.24) is 4.72 Å². The second-order valence-corrected chi connectivity index (χ2v) is 7.81. The van der Waals surface area contributed by atoms with Crippen LogP contribution >= 0.6 is 0 Å². The summed E-state index contributed by atoms with van der Waals surface area (Å²) in [5.74, 6) is -3.11. The van der Waals surface area contributed by atoms with Crippen LogP contribution in [0, 0.1) is 11.6 Å². The van der Waals surface area contributed by atoms with E-state index in [9.17, 15) is 22.0 Å². The second-order valence-electron chi connectivity index (χ2n) is 6.10. The fourth-order valence-electron chi connectivity index (χ4n) is 2.74. The number of amides is 1. The summed E-state index contributed by atoms with van der Waals surface area (Å²) in [7, 11) is -2.61. The molecule has 1 aliphatic rings. The molecule has 1 fully saturated rings. The Labute approximate surface area is 160 Å². The van der Waals surface area contributed by atoms with Crippen LogP contribution in [0.3, 0.4) is 0 Å². The topological polar surface area (TPSA) is 93.7 Å². The molecule has 0 bridgehead atoms. The van der Waals surface area contributed by atoms with Gasteiger partial charge >= 0.3 is 0 Å². The van der Waals surface area contributed by atoms with Crippen molar-refractivity contribution in [3.05, 3.63) is 53.6 Å². The summed E-state index contributed by atoms with van der Waals surface area (Å²) in [6.07, 6.45) is 0.543. The zero-order chi connectivity index (χ0) is 20.3.